The van der Waals surface area contributed by atoms with Crippen molar-refractivity contribution in [1.82, 2.24) is 14.5 Å². The van der Waals surface area contributed by atoms with Gasteiger partial charge in [0.15, 0.2) is 0 Å². The van der Waals surface area contributed by atoms with Crippen LogP contribution in [0.3, 0.4) is 0 Å². The van der Waals surface area contributed by atoms with Crippen LogP contribution in [0.1, 0.15) is 31.4 Å². The Bertz CT molecular complexity index is 697. The molecule has 2 fully saturated rings. The first-order chi connectivity index (χ1) is 11.9. The molecule has 2 aliphatic heterocycles. The number of rotatable bonds is 6. The van der Waals surface area contributed by atoms with Crippen LogP contribution in [0.25, 0.3) is 0 Å². The van der Waals surface area contributed by atoms with E-state index in [0.717, 1.165) is 38.8 Å². The van der Waals surface area contributed by atoms with Crippen LogP contribution >= 0.6 is 0 Å². The van der Waals surface area contributed by atoms with Gasteiger partial charge in [-0.15, -0.1) is 0 Å². The van der Waals surface area contributed by atoms with Crippen molar-refractivity contribution in [3.05, 3.63) is 17.9 Å². The van der Waals surface area contributed by atoms with Gasteiger partial charge < -0.3 is 15.5 Å². The van der Waals surface area contributed by atoms with Crippen LogP contribution in [0.4, 0.5) is 4.79 Å². The molecule has 25 heavy (non-hydrogen) atoms. The summed E-state index contributed by atoms with van der Waals surface area (Å²) in [6, 6.07) is 2.80. The highest BCUT2D eigenvalue weighted by Gasteiger charge is 2.30. The highest BCUT2D eigenvalue weighted by Crippen LogP contribution is 2.24. The predicted molar refractivity (Wildman–Crippen MR) is 92.3 cm³/mol. The molecule has 1 atom stereocenters. The number of nitrogens with one attached hydrogen (secondary N) is 1. The summed E-state index contributed by atoms with van der Waals surface area (Å²) in [5, 5.41) is 2.69. The zero-order valence-electron chi connectivity index (χ0n) is 14.3. The number of carbonyl (C=O) groups excluding carboxylic acids is 1. The molecule has 1 aromatic heterocycles. The Hall–Kier alpha value is -1.58. The average Bonchev–Trinajstić information content (AvgIpc) is 3.25. The first-order valence-corrected chi connectivity index (χ1v) is 10.2. The fraction of sp³-hybridized carbons (Fsp3) is 0.688. The van der Waals surface area contributed by atoms with Gasteiger partial charge in [-0.1, -0.05) is 0 Å². The Morgan fingerprint density at radius 1 is 1.24 bits per heavy atom. The molecule has 8 nitrogen and oxygen atoms in total. The topological polar surface area (TPSA) is 109 Å². The lowest BCUT2D eigenvalue weighted by molar-refractivity contribution is 0.153. The molecule has 0 bridgehead atoms. The molecule has 2 saturated heterocycles. The number of furan rings is 1. The van der Waals surface area contributed by atoms with Gasteiger partial charge in [0.25, 0.3) is 10.0 Å². The summed E-state index contributed by atoms with van der Waals surface area (Å²) in [4.78, 5) is 13.1. The Kier molecular flexibility index (Phi) is 5.65. The number of amides is 2. The maximum Gasteiger partial charge on any atom is 0.312 e. The molecule has 2 amide bonds. The van der Waals surface area contributed by atoms with E-state index in [9.17, 15) is 13.2 Å². The summed E-state index contributed by atoms with van der Waals surface area (Å²) in [6.07, 6.45) is 3.89. The van der Waals surface area contributed by atoms with Crippen molar-refractivity contribution in [3.8, 4) is 0 Å². The number of sulfonamides is 1. The van der Waals surface area contributed by atoms with Crippen molar-refractivity contribution in [1.29, 1.82) is 0 Å². The smallest absolute Gasteiger partial charge is 0.312 e. The minimum Gasteiger partial charge on any atom is -0.447 e. The van der Waals surface area contributed by atoms with E-state index in [0.29, 0.717) is 37.9 Å². The molecule has 0 aromatic carbocycles. The van der Waals surface area contributed by atoms with E-state index in [-0.39, 0.29) is 5.09 Å². The van der Waals surface area contributed by atoms with Gasteiger partial charge >= 0.3 is 6.03 Å². The number of nitrogens with two attached hydrogens (primary N) is 1. The van der Waals surface area contributed by atoms with E-state index in [1.165, 1.54) is 4.31 Å². The van der Waals surface area contributed by atoms with E-state index in [1.54, 1.807) is 12.1 Å². The second-order valence-electron chi connectivity index (χ2n) is 6.82. The monoisotopic (exact) mass is 370 g/mol. The first kappa shape index (κ1) is 18.2. The van der Waals surface area contributed by atoms with Crippen LogP contribution < -0.4 is 11.1 Å². The third kappa shape index (κ3) is 4.53. The number of urea groups is 1. The van der Waals surface area contributed by atoms with E-state index >= 15 is 0 Å². The lowest BCUT2D eigenvalue weighted by Crippen LogP contribution is -2.41. The zero-order valence-corrected chi connectivity index (χ0v) is 15.1. The summed E-state index contributed by atoms with van der Waals surface area (Å²) in [5.41, 5.74) is 5.12. The molecule has 140 valence electrons. The number of carbonyl (C=O) groups is 1. The van der Waals surface area contributed by atoms with Crippen LogP contribution in [0.2, 0.25) is 0 Å². The minimum atomic E-state index is -3.50. The molecule has 0 saturated carbocycles. The molecule has 1 unspecified atom stereocenters. The second-order valence-corrected chi connectivity index (χ2v) is 8.69. The number of hydrogen-bond donors (Lipinski definition) is 2. The van der Waals surface area contributed by atoms with Crippen molar-refractivity contribution in [2.24, 2.45) is 11.7 Å². The van der Waals surface area contributed by atoms with Crippen LogP contribution in [-0.2, 0) is 16.6 Å². The highest BCUT2D eigenvalue weighted by molar-refractivity contribution is 7.89. The van der Waals surface area contributed by atoms with Crippen LogP contribution in [0.15, 0.2) is 21.6 Å². The second kappa shape index (κ2) is 7.76. The first-order valence-electron chi connectivity index (χ1n) is 8.79. The molecule has 0 aliphatic carbocycles. The third-order valence-corrected chi connectivity index (χ3v) is 6.62. The van der Waals surface area contributed by atoms with Gasteiger partial charge in [0.1, 0.15) is 5.76 Å². The Morgan fingerprint density at radius 3 is 2.72 bits per heavy atom. The fourth-order valence-corrected chi connectivity index (χ4v) is 5.01. The van der Waals surface area contributed by atoms with E-state index in [2.05, 4.69) is 10.2 Å². The summed E-state index contributed by atoms with van der Waals surface area (Å²) < 4.78 is 32.1. The van der Waals surface area contributed by atoms with Crippen LogP contribution in [0, 0.1) is 5.92 Å². The van der Waals surface area contributed by atoms with Gasteiger partial charge in [-0.05, 0) is 50.3 Å². The highest BCUT2D eigenvalue weighted by atomic mass is 32.2. The molecular weight excluding hydrogens is 344 g/mol. The van der Waals surface area contributed by atoms with Crippen LogP contribution in [-0.4, -0.2) is 56.4 Å². The van der Waals surface area contributed by atoms with Gasteiger partial charge in [0.2, 0.25) is 5.09 Å². The number of likely N-dealkylation sites (tertiary alicyclic amines) is 1. The molecular formula is C16H26N4O4S. The van der Waals surface area contributed by atoms with Gasteiger partial charge in [0.05, 0.1) is 6.54 Å². The van der Waals surface area contributed by atoms with E-state index in [4.69, 9.17) is 10.2 Å². The van der Waals surface area contributed by atoms with Crippen molar-refractivity contribution in [2.45, 2.75) is 37.3 Å². The molecule has 3 heterocycles. The zero-order chi connectivity index (χ0) is 17.9. The van der Waals surface area contributed by atoms with E-state index in [1.807, 2.05) is 0 Å². The molecule has 0 spiro atoms. The Balaban J connectivity index is 1.58. The SMILES string of the molecule is NC(=O)NCC1CCCN(Cc2ccc(S(=O)(=O)N3CCCC3)o2)C1. The quantitative estimate of drug-likeness (QED) is 0.775. The summed E-state index contributed by atoms with van der Waals surface area (Å²) >= 11 is 0. The van der Waals surface area contributed by atoms with Gasteiger partial charge in [-0.3, -0.25) is 4.90 Å². The molecule has 1 aromatic rings. The number of piperidine rings is 1. The average molecular weight is 370 g/mol. The Labute approximate surface area is 148 Å². The molecule has 3 N–H and O–H groups in total. The van der Waals surface area contributed by atoms with Crippen molar-refractivity contribution in [2.75, 3.05) is 32.7 Å². The number of nitrogens with zero attached hydrogens (tertiary/aromatic N) is 2. The summed E-state index contributed by atoms with van der Waals surface area (Å²) in [5.74, 6) is 1.00. The normalized spacial score (nSPS) is 23.0. The van der Waals surface area contributed by atoms with Crippen molar-refractivity contribution in [3.63, 3.8) is 0 Å². The minimum absolute atomic E-state index is 0.0355. The van der Waals surface area contributed by atoms with Gasteiger partial charge in [-0.25, -0.2) is 13.2 Å². The summed E-state index contributed by atoms with van der Waals surface area (Å²) in [7, 11) is -3.50. The fourth-order valence-electron chi connectivity index (χ4n) is 3.56. The predicted octanol–water partition coefficient (Wildman–Crippen LogP) is 0.944. The molecule has 9 heteroatoms. The van der Waals surface area contributed by atoms with Gasteiger partial charge in [-0.2, -0.15) is 4.31 Å². The molecule has 0 radical (unpaired) electrons. The Morgan fingerprint density at radius 2 is 2.00 bits per heavy atom. The standard InChI is InChI=1S/C16H26N4O4S/c17-16(21)18-10-13-4-3-7-19(11-13)12-14-5-6-15(24-14)25(22,23)20-8-1-2-9-20/h5-6,13H,1-4,7-12H2,(H3,17,18,21). The maximum atomic E-state index is 12.5. The van der Waals surface area contributed by atoms with Crippen molar-refractivity contribution >= 4 is 16.1 Å². The lowest BCUT2D eigenvalue weighted by Gasteiger charge is -2.32. The van der Waals surface area contributed by atoms with Crippen molar-refractivity contribution < 1.29 is 17.6 Å². The lowest BCUT2D eigenvalue weighted by atomic mass is 9.98. The van der Waals surface area contributed by atoms with Gasteiger partial charge in [0, 0.05) is 26.2 Å². The maximum absolute atomic E-state index is 12.5. The third-order valence-electron chi connectivity index (χ3n) is 4.84. The van der Waals surface area contributed by atoms with Crippen LogP contribution in [0.5, 0.6) is 0 Å². The largest absolute Gasteiger partial charge is 0.447 e. The molecule has 3 rings (SSSR count). The molecule has 2 aliphatic rings. The number of primary amides is 1. The summed E-state index contributed by atoms with van der Waals surface area (Å²) in [6.45, 7) is 4.04. The van der Waals surface area contributed by atoms with E-state index < -0.39 is 16.1 Å². The number of hydrogen-bond acceptors (Lipinski definition) is 5.